The van der Waals surface area contributed by atoms with E-state index in [1.807, 2.05) is 6.26 Å². The molecule has 122 valence electrons. The first kappa shape index (κ1) is 18.0. The van der Waals surface area contributed by atoms with E-state index >= 15 is 0 Å². The Kier molecular flexibility index (Phi) is 5.42. The monoisotopic (exact) mass is 409 g/mol. The van der Waals surface area contributed by atoms with Gasteiger partial charge in [-0.2, -0.15) is 11.8 Å². The molecule has 3 rings (SSSR count). The zero-order chi connectivity index (χ0) is 15.2. The lowest BCUT2D eigenvalue weighted by atomic mass is 10.0. The first-order chi connectivity index (χ1) is 9.93. The summed E-state index contributed by atoms with van der Waals surface area (Å²) in [5, 5.41) is 6.18. The maximum absolute atomic E-state index is 13.6. The maximum Gasteiger partial charge on any atom is 0.242 e. The van der Waals surface area contributed by atoms with Crippen LogP contribution in [0.15, 0.2) is 10.7 Å². The van der Waals surface area contributed by atoms with E-state index in [1.165, 1.54) is 6.07 Å². The number of aromatic nitrogens is 1. The van der Waals surface area contributed by atoms with E-state index in [1.54, 1.807) is 11.8 Å². The third kappa shape index (κ3) is 3.42. The highest BCUT2D eigenvalue weighted by atomic mass is 79.9. The normalized spacial score (nSPS) is 28.7. The highest BCUT2D eigenvalue weighted by Crippen LogP contribution is 2.53. The molecule has 4 nitrogen and oxygen atoms in total. The molecule has 0 aromatic carbocycles. The van der Waals surface area contributed by atoms with Crippen molar-refractivity contribution in [3.05, 3.63) is 22.1 Å². The first-order valence-electron chi connectivity index (χ1n) is 6.84. The minimum Gasteiger partial charge on any atom is -0.309 e. The highest BCUT2D eigenvalue weighted by molar-refractivity contribution is 9.10. The second-order valence-corrected chi connectivity index (χ2v) is 7.64. The van der Waals surface area contributed by atoms with Crippen LogP contribution in [0.2, 0.25) is 0 Å². The van der Waals surface area contributed by atoms with E-state index in [4.69, 9.17) is 0 Å². The van der Waals surface area contributed by atoms with Crippen molar-refractivity contribution < 1.29 is 9.18 Å². The number of fused-ring (bicyclic) bond motifs is 1. The quantitative estimate of drug-likeness (QED) is 0.748. The minimum absolute atomic E-state index is 0. The fraction of sp³-hybridized carbons (Fsp3) is 0.571. The molecule has 1 saturated carbocycles. The molecule has 1 aromatic rings. The van der Waals surface area contributed by atoms with Gasteiger partial charge in [0, 0.05) is 17.4 Å². The van der Waals surface area contributed by atoms with Crippen molar-refractivity contribution in [1.29, 1.82) is 0 Å². The molecule has 8 heteroatoms. The van der Waals surface area contributed by atoms with Crippen molar-refractivity contribution in [2.75, 3.05) is 11.6 Å². The predicted octanol–water partition coefficient (Wildman–Crippen LogP) is 3.35. The summed E-state index contributed by atoms with van der Waals surface area (Å²) in [6.07, 6.45) is 3.93. The number of carbonyl (C=O) groups is 1. The summed E-state index contributed by atoms with van der Waals surface area (Å²) in [6, 6.07) is 1.71. The van der Waals surface area contributed by atoms with Crippen LogP contribution in [0.5, 0.6) is 0 Å². The summed E-state index contributed by atoms with van der Waals surface area (Å²) in [5.41, 5.74) is 0.979. The van der Waals surface area contributed by atoms with Gasteiger partial charge in [0.05, 0.1) is 6.04 Å². The Hall–Kier alpha value is -0.370. The summed E-state index contributed by atoms with van der Waals surface area (Å²) in [6.45, 7) is 2.20. The standard InChI is InChI=1S/C14H17BrFN3OS.ClH/c1-14-4-9(17-10(14)5-14)13(20)19-12-7(6-21-2)3-8(16)11(15)18-12;/h3,9-10,17H,4-6H2,1-2H3,(H,18,19,20);1H. The molecule has 2 fully saturated rings. The van der Waals surface area contributed by atoms with Crippen molar-refractivity contribution in [3.8, 4) is 0 Å². The van der Waals surface area contributed by atoms with Crippen molar-refractivity contribution >= 4 is 51.8 Å². The predicted molar refractivity (Wildman–Crippen MR) is 93.0 cm³/mol. The number of halogens is 3. The van der Waals surface area contributed by atoms with Crippen molar-refractivity contribution in [3.63, 3.8) is 0 Å². The van der Waals surface area contributed by atoms with Gasteiger partial charge >= 0.3 is 0 Å². The Labute approximate surface area is 147 Å². The van der Waals surface area contributed by atoms with Gasteiger partial charge in [0.2, 0.25) is 5.91 Å². The van der Waals surface area contributed by atoms with E-state index in [-0.39, 0.29) is 34.4 Å². The van der Waals surface area contributed by atoms with Gasteiger partial charge in [-0.05, 0) is 46.5 Å². The van der Waals surface area contributed by atoms with Crippen LogP contribution in [0, 0.1) is 11.2 Å². The molecule has 22 heavy (non-hydrogen) atoms. The number of rotatable bonds is 4. The van der Waals surface area contributed by atoms with Crippen LogP contribution < -0.4 is 10.6 Å². The lowest BCUT2D eigenvalue weighted by Gasteiger charge is -2.16. The Morgan fingerprint density at radius 3 is 2.95 bits per heavy atom. The molecular weight excluding hydrogens is 393 g/mol. The molecule has 1 aromatic heterocycles. The van der Waals surface area contributed by atoms with Crippen molar-refractivity contribution in [1.82, 2.24) is 10.3 Å². The number of carbonyl (C=O) groups excluding carboxylic acids is 1. The number of nitrogens with zero attached hydrogens (tertiary/aromatic N) is 1. The SMILES string of the molecule is CSCc1cc(F)c(Br)nc1NC(=O)C1CC2(C)CC2N1.Cl. The molecule has 2 heterocycles. The topological polar surface area (TPSA) is 54.0 Å². The fourth-order valence-electron chi connectivity index (χ4n) is 2.91. The lowest BCUT2D eigenvalue weighted by Crippen LogP contribution is -2.38. The van der Waals surface area contributed by atoms with Gasteiger partial charge in [0.25, 0.3) is 0 Å². The van der Waals surface area contributed by atoms with Gasteiger partial charge in [-0.25, -0.2) is 9.37 Å². The van der Waals surface area contributed by atoms with Gasteiger partial charge in [-0.15, -0.1) is 12.4 Å². The van der Waals surface area contributed by atoms with Gasteiger partial charge < -0.3 is 10.6 Å². The minimum atomic E-state index is -0.412. The van der Waals surface area contributed by atoms with Crippen LogP contribution >= 0.6 is 40.1 Å². The summed E-state index contributed by atoms with van der Waals surface area (Å²) < 4.78 is 13.7. The zero-order valence-electron chi connectivity index (χ0n) is 12.3. The number of amides is 1. The maximum atomic E-state index is 13.6. The fourth-order valence-corrected chi connectivity index (χ4v) is 3.73. The van der Waals surface area contributed by atoms with E-state index < -0.39 is 5.82 Å². The van der Waals surface area contributed by atoms with Crippen LogP contribution in [0.1, 0.15) is 25.3 Å². The molecular formula is C14H18BrClFN3OS. The second-order valence-electron chi connectivity index (χ2n) is 6.03. The number of hydrogen-bond donors (Lipinski definition) is 2. The number of pyridine rings is 1. The second kappa shape index (κ2) is 6.63. The van der Waals surface area contributed by atoms with E-state index in [9.17, 15) is 9.18 Å². The zero-order valence-corrected chi connectivity index (χ0v) is 15.5. The van der Waals surface area contributed by atoms with Crippen LogP contribution in [0.4, 0.5) is 10.2 Å². The van der Waals surface area contributed by atoms with E-state index in [0.717, 1.165) is 12.8 Å². The summed E-state index contributed by atoms with van der Waals surface area (Å²) >= 11 is 4.63. The number of nitrogens with one attached hydrogen (secondary N) is 2. The molecule has 1 amide bonds. The first-order valence-corrected chi connectivity index (χ1v) is 9.02. The Bertz CT molecular complexity index is 606. The largest absolute Gasteiger partial charge is 0.309 e. The third-order valence-electron chi connectivity index (χ3n) is 4.29. The Balaban J connectivity index is 0.00000176. The van der Waals surface area contributed by atoms with Crippen molar-refractivity contribution in [2.24, 2.45) is 5.41 Å². The molecule has 0 spiro atoms. The van der Waals surface area contributed by atoms with Crippen LogP contribution in [0.3, 0.4) is 0 Å². The highest BCUT2D eigenvalue weighted by Gasteiger charge is 2.58. The molecule has 1 aliphatic carbocycles. The molecule has 1 aliphatic heterocycles. The lowest BCUT2D eigenvalue weighted by molar-refractivity contribution is -0.118. The Morgan fingerprint density at radius 1 is 1.64 bits per heavy atom. The molecule has 1 saturated heterocycles. The van der Waals surface area contributed by atoms with Crippen LogP contribution in [0.25, 0.3) is 0 Å². The van der Waals surface area contributed by atoms with Crippen molar-refractivity contribution in [2.45, 2.75) is 37.6 Å². The molecule has 0 bridgehead atoms. The van der Waals surface area contributed by atoms with Gasteiger partial charge in [0.15, 0.2) is 5.82 Å². The average Bonchev–Trinajstić information content (AvgIpc) is 2.93. The van der Waals surface area contributed by atoms with E-state index in [0.29, 0.717) is 23.2 Å². The van der Waals surface area contributed by atoms with E-state index in [2.05, 4.69) is 38.5 Å². The summed E-state index contributed by atoms with van der Waals surface area (Å²) in [4.78, 5) is 16.5. The molecule has 2 aliphatic rings. The molecule has 3 unspecified atom stereocenters. The van der Waals surface area contributed by atoms with Gasteiger partial charge in [-0.3, -0.25) is 4.79 Å². The average molecular weight is 411 g/mol. The van der Waals surface area contributed by atoms with Gasteiger partial charge in [-0.1, -0.05) is 6.92 Å². The molecule has 3 atom stereocenters. The third-order valence-corrected chi connectivity index (χ3v) is 5.45. The number of hydrogen-bond acceptors (Lipinski definition) is 4. The molecule has 2 N–H and O–H groups in total. The Morgan fingerprint density at radius 2 is 2.36 bits per heavy atom. The van der Waals surface area contributed by atoms with Crippen LogP contribution in [-0.2, 0) is 10.5 Å². The molecule has 0 radical (unpaired) electrons. The van der Waals surface area contributed by atoms with Gasteiger partial charge in [0.1, 0.15) is 10.4 Å². The number of piperidine rings is 1. The number of thioether (sulfide) groups is 1. The van der Waals surface area contributed by atoms with Crippen LogP contribution in [-0.4, -0.2) is 29.2 Å². The smallest absolute Gasteiger partial charge is 0.242 e. The number of anilines is 1. The summed E-state index contributed by atoms with van der Waals surface area (Å²) in [5.74, 6) is 0.544. The summed E-state index contributed by atoms with van der Waals surface area (Å²) in [7, 11) is 0.